The van der Waals surface area contributed by atoms with Crippen molar-refractivity contribution in [3.05, 3.63) is 35.9 Å². The summed E-state index contributed by atoms with van der Waals surface area (Å²) in [6.45, 7) is 1.16. The van der Waals surface area contributed by atoms with Gasteiger partial charge in [-0.2, -0.15) is 5.26 Å². The Morgan fingerprint density at radius 3 is 2.83 bits per heavy atom. The van der Waals surface area contributed by atoms with E-state index in [1.54, 1.807) is 0 Å². The van der Waals surface area contributed by atoms with Crippen LogP contribution in [-0.4, -0.2) is 12.6 Å². The van der Waals surface area contributed by atoms with Gasteiger partial charge in [0.25, 0.3) is 0 Å². The molecule has 1 aliphatic heterocycles. The number of piperidine rings is 1. The number of fused-ring (bicyclic) bond motifs is 1. The van der Waals surface area contributed by atoms with Crippen LogP contribution in [0.3, 0.4) is 0 Å². The van der Waals surface area contributed by atoms with E-state index in [4.69, 9.17) is 0 Å². The molecular weight excluding hydrogens is 220 g/mol. The van der Waals surface area contributed by atoms with E-state index in [1.807, 2.05) is 6.07 Å². The molecule has 1 heterocycles. The smallest absolute Gasteiger partial charge is 0.0826 e. The fourth-order valence-electron chi connectivity index (χ4n) is 3.74. The summed E-state index contributed by atoms with van der Waals surface area (Å²) in [6, 6.07) is 13.7. The highest BCUT2D eigenvalue weighted by molar-refractivity contribution is 5.33. The predicted molar refractivity (Wildman–Crippen MR) is 72.1 cm³/mol. The lowest BCUT2D eigenvalue weighted by molar-refractivity contribution is 0.167. The van der Waals surface area contributed by atoms with Crippen LogP contribution < -0.4 is 5.32 Å². The summed E-state index contributed by atoms with van der Waals surface area (Å²) < 4.78 is 0. The van der Waals surface area contributed by atoms with Crippen LogP contribution in [-0.2, 0) is 5.41 Å². The van der Waals surface area contributed by atoms with Gasteiger partial charge in [-0.1, -0.05) is 30.3 Å². The van der Waals surface area contributed by atoms with Crippen molar-refractivity contribution in [1.82, 2.24) is 5.32 Å². The second-order valence-corrected chi connectivity index (χ2v) is 5.77. The fraction of sp³-hybridized carbons (Fsp3) is 0.562. The van der Waals surface area contributed by atoms with E-state index in [-0.39, 0.29) is 5.41 Å². The van der Waals surface area contributed by atoms with Gasteiger partial charge in [0.05, 0.1) is 11.5 Å². The van der Waals surface area contributed by atoms with Gasteiger partial charge in [0, 0.05) is 6.04 Å². The molecule has 0 radical (unpaired) electrons. The van der Waals surface area contributed by atoms with Crippen LogP contribution in [0.5, 0.6) is 0 Å². The minimum absolute atomic E-state index is 0.235. The molecule has 18 heavy (non-hydrogen) atoms. The molecule has 1 N–H and O–H groups in total. The molecule has 2 heteroatoms. The summed E-state index contributed by atoms with van der Waals surface area (Å²) in [5, 5.41) is 13.3. The van der Waals surface area contributed by atoms with Crippen molar-refractivity contribution < 1.29 is 0 Å². The van der Waals surface area contributed by atoms with E-state index in [1.165, 1.54) is 18.4 Å². The van der Waals surface area contributed by atoms with Crippen molar-refractivity contribution in [2.75, 3.05) is 6.54 Å². The van der Waals surface area contributed by atoms with Crippen LogP contribution in [0.2, 0.25) is 0 Å². The second-order valence-electron chi connectivity index (χ2n) is 5.77. The van der Waals surface area contributed by atoms with Crippen LogP contribution in [0.15, 0.2) is 30.3 Å². The van der Waals surface area contributed by atoms with Gasteiger partial charge in [-0.3, -0.25) is 0 Å². The monoisotopic (exact) mass is 240 g/mol. The fourth-order valence-corrected chi connectivity index (χ4v) is 3.74. The van der Waals surface area contributed by atoms with Gasteiger partial charge in [0.15, 0.2) is 0 Å². The Hall–Kier alpha value is -1.33. The minimum Gasteiger partial charge on any atom is -0.314 e. The normalized spacial score (nSPS) is 35.5. The van der Waals surface area contributed by atoms with Crippen LogP contribution in [0.4, 0.5) is 0 Å². The summed E-state index contributed by atoms with van der Waals surface area (Å²) in [5.41, 5.74) is 0.984. The Morgan fingerprint density at radius 2 is 2.06 bits per heavy atom. The molecule has 2 aliphatic rings. The third-order valence-corrected chi connectivity index (χ3v) is 4.76. The average Bonchev–Trinajstić information content (AvgIpc) is 2.47. The molecule has 94 valence electrons. The van der Waals surface area contributed by atoms with Gasteiger partial charge in [-0.25, -0.2) is 0 Å². The van der Waals surface area contributed by atoms with Gasteiger partial charge >= 0.3 is 0 Å². The average molecular weight is 240 g/mol. The first-order chi connectivity index (χ1) is 8.84. The molecule has 3 rings (SSSR count). The van der Waals surface area contributed by atoms with Crippen molar-refractivity contribution >= 4 is 0 Å². The number of nitrogens with zero attached hydrogens (tertiary/aromatic N) is 1. The molecule has 0 amide bonds. The van der Waals surface area contributed by atoms with E-state index in [0.29, 0.717) is 12.0 Å². The van der Waals surface area contributed by atoms with Crippen LogP contribution >= 0.6 is 0 Å². The van der Waals surface area contributed by atoms with Crippen molar-refractivity contribution in [3.8, 4) is 6.07 Å². The Labute approximate surface area is 109 Å². The van der Waals surface area contributed by atoms with Crippen LogP contribution in [0, 0.1) is 17.2 Å². The lowest BCUT2D eigenvalue weighted by Gasteiger charge is -2.44. The van der Waals surface area contributed by atoms with Gasteiger partial charge < -0.3 is 5.32 Å². The summed E-state index contributed by atoms with van der Waals surface area (Å²) >= 11 is 0. The Bertz CT molecular complexity index is 448. The standard InChI is InChI=1S/C16H20N2/c17-12-16(14-6-2-1-3-7-14)9-8-15-13(11-16)5-4-10-18-15/h1-3,6-7,13,15,18H,4-5,8-11H2. The van der Waals surface area contributed by atoms with Gasteiger partial charge in [-0.15, -0.1) is 0 Å². The van der Waals surface area contributed by atoms with E-state index in [2.05, 4.69) is 35.7 Å². The lowest BCUT2D eigenvalue weighted by Crippen LogP contribution is -2.48. The lowest BCUT2D eigenvalue weighted by atomic mass is 9.63. The summed E-state index contributed by atoms with van der Waals surface area (Å²) in [6.07, 6.45) is 5.73. The topological polar surface area (TPSA) is 35.8 Å². The molecule has 0 aromatic heterocycles. The molecule has 1 saturated carbocycles. The Morgan fingerprint density at radius 1 is 1.22 bits per heavy atom. The molecule has 2 nitrogen and oxygen atoms in total. The van der Waals surface area contributed by atoms with Crippen molar-refractivity contribution in [1.29, 1.82) is 5.26 Å². The number of hydrogen-bond acceptors (Lipinski definition) is 2. The highest BCUT2D eigenvalue weighted by atomic mass is 14.9. The third kappa shape index (κ3) is 1.93. The predicted octanol–water partition coefficient (Wildman–Crippen LogP) is 3.00. The third-order valence-electron chi connectivity index (χ3n) is 4.76. The zero-order chi connectivity index (χ0) is 12.4. The Balaban J connectivity index is 1.88. The van der Waals surface area contributed by atoms with Gasteiger partial charge in [0.2, 0.25) is 0 Å². The number of nitrogens with one attached hydrogen (secondary N) is 1. The first-order valence-corrected chi connectivity index (χ1v) is 7.04. The van der Waals surface area contributed by atoms with E-state index in [0.717, 1.165) is 25.8 Å². The quantitative estimate of drug-likeness (QED) is 0.819. The molecule has 1 aromatic rings. The summed E-state index contributed by atoms with van der Waals surface area (Å²) in [5.74, 6) is 0.687. The zero-order valence-electron chi connectivity index (χ0n) is 10.7. The highest BCUT2D eigenvalue weighted by Crippen LogP contribution is 2.44. The number of hydrogen-bond donors (Lipinski definition) is 1. The molecule has 1 aromatic carbocycles. The van der Waals surface area contributed by atoms with Gasteiger partial charge in [0.1, 0.15) is 0 Å². The first-order valence-electron chi connectivity index (χ1n) is 7.04. The molecule has 1 aliphatic carbocycles. The molecule has 2 fully saturated rings. The number of nitriles is 1. The molecule has 0 spiro atoms. The number of rotatable bonds is 1. The zero-order valence-corrected chi connectivity index (χ0v) is 10.7. The van der Waals surface area contributed by atoms with E-state index in [9.17, 15) is 5.26 Å². The summed E-state index contributed by atoms with van der Waals surface area (Å²) in [4.78, 5) is 0. The van der Waals surface area contributed by atoms with Crippen LogP contribution in [0.25, 0.3) is 0 Å². The van der Waals surface area contributed by atoms with Gasteiger partial charge in [-0.05, 0) is 50.1 Å². The molecule has 1 saturated heterocycles. The molecular formula is C16H20N2. The van der Waals surface area contributed by atoms with Crippen molar-refractivity contribution in [2.45, 2.75) is 43.6 Å². The van der Waals surface area contributed by atoms with E-state index < -0.39 is 0 Å². The molecule has 3 atom stereocenters. The van der Waals surface area contributed by atoms with Crippen molar-refractivity contribution in [2.24, 2.45) is 5.92 Å². The van der Waals surface area contributed by atoms with Crippen LogP contribution in [0.1, 0.15) is 37.7 Å². The molecule has 3 unspecified atom stereocenters. The maximum atomic E-state index is 9.71. The van der Waals surface area contributed by atoms with E-state index >= 15 is 0 Å². The maximum absolute atomic E-state index is 9.71. The van der Waals surface area contributed by atoms with Crippen molar-refractivity contribution in [3.63, 3.8) is 0 Å². The largest absolute Gasteiger partial charge is 0.314 e. The Kier molecular flexibility index (Phi) is 3.09. The second kappa shape index (κ2) is 4.74. The summed E-state index contributed by atoms with van der Waals surface area (Å²) in [7, 11) is 0. The first kappa shape index (κ1) is 11.7. The minimum atomic E-state index is -0.235. The molecule has 0 bridgehead atoms. The number of benzene rings is 1. The maximum Gasteiger partial charge on any atom is 0.0826 e. The SMILES string of the molecule is N#CC1(c2ccccc2)CCC2NCCCC2C1. The highest BCUT2D eigenvalue weighted by Gasteiger charge is 2.42.